The van der Waals surface area contributed by atoms with E-state index in [1.54, 1.807) is 37.4 Å². The maximum atomic E-state index is 12.6. The minimum atomic E-state index is -0.0352. The molecule has 0 radical (unpaired) electrons. The Kier molecular flexibility index (Phi) is 11.6. The number of ketones is 1. The summed E-state index contributed by atoms with van der Waals surface area (Å²) >= 11 is 0. The molecule has 0 aliphatic rings. The van der Waals surface area contributed by atoms with Crippen LogP contribution in [-0.4, -0.2) is 43.2 Å². The number of carbonyl (C=O) groups excluding carboxylic acids is 1. The third-order valence-electron chi connectivity index (χ3n) is 5.99. The lowest BCUT2D eigenvalue weighted by Crippen LogP contribution is -2.22. The minimum Gasteiger partial charge on any atom is -0.504 e. The molecule has 36 heavy (non-hydrogen) atoms. The second-order valence-electron chi connectivity index (χ2n) is 8.72. The number of nitrogens with zero attached hydrogens (tertiary/aromatic N) is 1. The van der Waals surface area contributed by atoms with Gasteiger partial charge in [-0.15, -0.1) is 0 Å². The number of allylic oxidation sites excluding steroid dienone is 2. The van der Waals surface area contributed by atoms with Crippen LogP contribution in [0.25, 0.3) is 0 Å². The zero-order valence-corrected chi connectivity index (χ0v) is 21.7. The van der Waals surface area contributed by atoms with E-state index in [1.165, 1.54) is 14.2 Å². The first-order valence-corrected chi connectivity index (χ1v) is 12.3. The largest absolute Gasteiger partial charge is 0.504 e. The molecule has 0 fully saturated rings. The number of guanidine groups is 1. The number of aryl methyl sites for hydroxylation is 1. The highest BCUT2D eigenvalue weighted by Gasteiger charge is 2.15. The summed E-state index contributed by atoms with van der Waals surface area (Å²) in [5, 5.41) is 23.1. The maximum Gasteiger partial charge on any atom is 0.192 e. The summed E-state index contributed by atoms with van der Waals surface area (Å²) in [5.41, 5.74) is 8.09. The van der Waals surface area contributed by atoms with E-state index >= 15 is 0 Å². The van der Waals surface area contributed by atoms with Crippen LogP contribution in [0.2, 0.25) is 0 Å². The van der Waals surface area contributed by atoms with Crippen LogP contribution in [0.4, 0.5) is 5.69 Å². The van der Waals surface area contributed by atoms with Gasteiger partial charge in [-0.2, -0.15) is 0 Å². The Morgan fingerprint density at radius 3 is 2.50 bits per heavy atom. The van der Waals surface area contributed by atoms with Gasteiger partial charge in [0.2, 0.25) is 0 Å². The number of hydrogen-bond donors (Lipinski definition) is 4. The summed E-state index contributed by atoms with van der Waals surface area (Å²) in [7, 11) is 4.56. The number of carbonyl (C=O) groups is 1. The molecule has 0 aliphatic carbocycles. The first-order valence-electron chi connectivity index (χ1n) is 12.3. The molecule has 0 spiro atoms. The maximum absolute atomic E-state index is 12.6. The van der Waals surface area contributed by atoms with Crippen molar-refractivity contribution < 1.29 is 24.5 Å². The van der Waals surface area contributed by atoms with E-state index in [1.807, 2.05) is 12.1 Å². The normalized spacial score (nSPS) is 12.5. The predicted molar refractivity (Wildman–Crippen MR) is 144 cm³/mol. The zero-order chi connectivity index (χ0) is 26.5. The van der Waals surface area contributed by atoms with E-state index in [9.17, 15) is 15.0 Å². The van der Waals surface area contributed by atoms with Crippen molar-refractivity contribution in [3.63, 3.8) is 0 Å². The van der Waals surface area contributed by atoms with Crippen LogP contribution in [0.1, 0.15) is 50.2 Å². The van der Waals surface area contributed by atoms with Crippen molar-refractivity contribution >= 4 is 17.4 Å². The van der Waals surface area contributed by atoms with Crippen molar-refractivity contribution in [1.82, 2.24) is 0 Å². The van der Waals surface area contributed by atoms with Gasteiger partial charge < -0.3 is 30.7 Å². The second-order valence-corrected chi connectivity index (χ2v) is 8.72. The van der Waals surface area contributed by atoms with E-state index in [0.29, 0.717) is 36.4 Å². The molecule has 8 nitrogen and oxygen atoms in total. The summed E-state index contributed by atoms with van der Waals surface area (Å²) in [6.45, 7) is 2.16. The molecule has 5 N–H and O–H groups in total. The number of aromatic hydroxyl groups is 2. The molecule has 0 aromatic heterocycles. The molecule has 196 valence electrons. The van der Waals surface area contributed by atoms with E-state index in [-0.39, 0.29) is 29.2 Å². The molecule has 0 bridgehead atoms. The number of phenols is 2. The Bertz CT molecular complexity index is 1070. The van der Waals surface area contributed by atoms with Crippen LogP contribution in [0.5, 0.6) is 23.0 Å². The molecule has 2 aromatic carbocycles. The van der Waals surface area contributed by atoms with Crippen molar-refractivity contribution in [3.05, 3.63) is 53.6 Å². The fraction of sp³-hybridized carbons (Fsp3) is 0.429. The molecule has 0 amide bonds. The number of anilines is 1. The first-order chi connectivity index (χ1) is 17.3. The summed E-state index contributed by atoms with van der Waals surface area (Å²) in [6, 6.07) is 8.76. The fourth-order valence-corrected chi connectivity index (χ4v) is 3.92. The predicted octanol–water partition coefficient (Wildman–Crippen LogP) is 4.97. The van der Waals surface area contributed by atoms with E-state index < -0.39 is 0 Å². The highest BCUT2D eigenvalue weighted by Crippen LogP contribution is 2.36. The summed E-state index contributed by atoms with van der Waals surface area (Å²) in [5.74, 6) is 1.16. The summed E-state index contributed by atoms with van der Waals surface area (Å²) in [4.78, 5) is 16.5. The summed E-state index contributed by atoms with van der Waals surface area (Å²) < 4.78 is 10.5. The Hall–Kier alpha value is -3.68. The number of nitrogens with two attached hydrogens (primary N) is 1. The molecule has 0 saturated heterocycles. The number of aliphatic imine (C=N–C) groups is 1. The molecule has 1 atom stereocenters. The number of hydrogen-bond acceptors (Lipinski definition) is 6. The van der Waals surface area contributed by atoms with Crippen LogP contribution in [-0.2, 0) is 17.6 Å². The molecule has 2 rings (SSSR count). The van der Waals surface area contributed by atoms with E-state index in [4.69, 9.17) is 15.2 Å². The van der Waals surface area contributed by atoms with Crippen LogP contribution < -0.4 is 20.5 Å². The van der Waals surface area contributed by atoms with E-state index in [0.717, 1.165) is 36.8 Å². The van der Waals surface area contributed by atoms with Crippen LogP contribution >= 0.6 is 0 Å². The third-order valence-corrected chi connectivity index (χ3v) is 5.99. The van der Waals surface area contributed by atoms with Gasteiger partial charge in [0.1, 0.15) is 0 Å². The molecule has 1 unspecified atom stereocenters. The van der Waals surface area contributed by atoms with Gasteiger partial charge >= 0.3 is 0 Å². The Morgan fingerprint density at radius 2 is 1.83 bits per heavy atom. The van der Waals surface area contributed by atoms with Crippen LogP contribution in [0, 0.1) is 5.92 Å². The lowest BCUT2D eigenvalue weighted by atomic mass is 9.92. The monoisotopic (exact) mass is 497 g/mol. The standard InChI is InChI=1S/C28H39N3O5/c1-5-6-7-8-19(9-12-22(32)13-10-20-11-14-24(33)25(17-20)35-3)15-21-16-23(31-28(29)30-2)27(34)26(18-21)36-4/h9,11-12,14,16-19,33-34H,5-8,10,13,15H2,1-4H3,(H3,29,30,31). The average Bonchev–Trinajstić information content (AvgIpc) is 2.88. The Morgan fingerprint density at radius 1 is 1.11 bits per heavy atom. The zero-order valence-electron chi connectivity index (χ0n) is 21.7. The quantitative estimate of drug-likeness (QED) is 0.0954. The third kappa shape index (κ3) is 8.83. The van der Waals surface area contributed by atoms with Crippen LogP contribution in [0.3, 0.4) is 0 Å². The number of ether oxygens (including phenoxy) is 2. The number of nitrogens with one attached hydrogen (secondary N) is 1. The number of rotatable bonds is 14. The first kappa shape index (κ1) is 28.6. The smallest absolute Gasteiger partial charge is 0.192 e. The van der Waals surface area contributed by atoms with Gasteiger partial charge in [-0.3, -0.25) is 9.79 Å². The highest BCUT2D eigenvalue weighted by atomic mass is 16.5. The van der Waals surface area contributed by atoms with Crippen LogP contribution in [0.15, 0.2) is 47.5 Å². The number of benzene rings is 2. The number of phenolic OH excluding ortho intramolecular Hbond substituents is 2. The molecule has 0 aliphatic heterocycles. The van der Waals surface area contributed by atoms with Crippen molar-refractivity contribution in [2.24, 2.45) is 16.6 Å². The second kappa shape index (κ2) is 14.7. The highest BCUT2D eigenvalue weighted by molar-refractivity contribution is 5.94. The average molecular weight is 498 g/mol. The lowest BCUT2D eigenvalue weighted by molar-refractivity contribution is -0.114. The molecule has 0 saturated carbocycles. The van der Waals surface area contributed by atoms with Gasteiger partial charge in [-0.05, 0) is 66.6 Å². The van der Waals surface area contributed by atoms with Crippen molar-refractivity contribution in [2.75, 3.05) is 26.6 Å². The van der Waals surface area contributed by atoms with Gasteiger partial charge in [-0.25, -0.2) is 0 Å². The van der Waals surface area contributed by atoms with Gasteiger partial charge in [-0.1, -0.05) is 38.3 Å². The SMILES string of the molecule is CCCCCC(C=CC(=O)CCc1ccc(O)c(OC)c1)Cc1cc(NC(N)=NC)c(O)c(OC)c1. The van der Waals surface area contributed by atoms with Gasteiger partial charge in [0.15, 0.2) is 34.7 Å². The van der Waals surface area contributed by atoms with Gasteiger partial charge in [0.25, 0.3) is 0 Å². The van der Waals surface area contributed by atoms with Gasteiger partial charge in [0, 0.05) is 13.5 Å². The summed E-state index contributed by atoms with van der Waals surface area (Å²) in [6.07, 6.45) is 9.50. The lowest BCUT2D eigenvalue weighted by Gasteiger charge is -2.17. The van der Waals surface area contributed by atoms with E-state index in [2.05, 4.69) is 17.2 Å². The molecule has 8 heteroatoms. The molecule has 2 aromatic rings. The molecule has 0 heterocycles. The van der Waals surface area contributed by atoms with Crippen molar-refractivity contribution in [3.8, 4) is 23.0 Å². The fourth-order valence-electron chi connectivity index (χ4n) is 3.92. The Balaban J connectivity index is 2.14. The van der Waals surface area contributed by atoms with Crippen molar-refractivity contribution in [1.29, 1.82) is 0 Å². The molecular weight excluding hydrogens is 458 g/mol. The Labute approximate surface area is 213 Å². The number of methoxy groups -OCH3 is 2. The van der Waals surface area contributed by atoms with Crippen molar-refractivity contribution in [2.45, 2.75) is 51.9 Å². The topological polar surface area (TPSA) is 126 Å². The van der Waals surface area contributed by atoms with Gasteiger partial charge in [0.05, 0.1) is 19.9 Å². The number of unbranched alkanes of at least 4 members (excludes halogenated alkanes) is 2. The minimum absolute atomic E-state index is 0.0352. The molecular formula is C28H39N3O5.